The van der Waals surface area contributed by atoms with E-state index >= 15 is 0 Å². The zero-order valence-corrected chi connectivity index (χ0v) is 13.8. The molecule has 0 aliphatic rings. The molecule has 0 bridgehead atoms. The van der Waals surface area contributed by atoms with E-state index in [1.165, 1.54) is 24.3 Å². The van der Waals surface area contributed by atoms with E-state index in [0.717, 1.165) is 5.56 Å². The lowest BCUT2D eigenvalue weighted by molar-refractivity contribution is -0.121. The van der Waals surface area contributed by atoms with Crippen LogP contribution >= 0.6 is 23.4 Å². The van der Waals surface area contributed by atoms with E-state index in [1.807, 2.05) is 0 Å². The van der Waals surface area contributed by atoms with E-state index in [2.05, 4.69) is 10.9 Å². The van der Waals surface area contributed by atoms with Crippen LogP contribution in [0.5, 0.6) is 0 Å². The minimum Gasteiger partial charge on any atom is -0.273 e. The van der Waals surface area contributed by atoms with E-state index in [1.54, 1.807) is 24.3 Å². The van der Waals surface area contributed by atoms with Gasteiger partial charge in [0, 0.05) is 15.5 Å². The van der Waals surface area contributed by atoms with Crippen LogP contribution in [-0.4, -0.2) is 17.6 Å². The van der Waals surface area contributed by atoms with Crippen LogP contribution < -0.4 is 10.9 Å². The third-order valence-corrected chi connectivity index (χ3v) is 3.91. The Kier molecular flexibility index (Phi) is 6.57. The number of halogens is 3. The van der Waals surface area contributed by atoms with Crippen LogP contribution in [-0.2, 0) is 11.2 Å². The van der Waals surface area contributed by atoms with E-state index in [0.29, 0.717) is 21.7 Å². The molecule has 4 nitrogen and oxygen atoms in total. The maximum absolute atomic E-state index is 12.2. The molecule has 0 fully saturated rings. The van der Waals surface area contributed by atoms with Gasteiger partial charge in [0.05, 0.1) is 6.42 Å². The molecule has 0 atom stereocenters. The summed E-state index contributed by atoms with van der Waals surface area (Å²) in [7, 11) is 0. The van der Waals surface area contributed by atoms with Crippen LogP contribution in [0.4, 0.5) is 8.78 Å². The molecule has 0 aromatic heterocycles. The average Bonchev–Trinajstić information content (AvgIpc) is 2.55. The Hall–Kier alpha value is -2.12. The first kappa shape index (κ1) is 18.2. The lowest BCUT2D eigenvalue weighted by Crippen LogP contribution is -2.42. The van der Waals surface area contributed by atoms with E-state index in [-0.39, 0.29) is 12.0 Å². The normalized spacial score (nSPS) is 10.5. The van der Waals surface area contributed by atoms with Gasteiger partial charge in [-0.3, -0.25) is 20.4 Å². The van der Waals surface area contributed by atoms with Crippen LogP contribution in [0.2, 0.25) is 5.02 Å². The van der Waals surface area contributed by atoms with Crippen molar-refractivity contribution >= 4 is 35.2 Å². The molecule has 0 spiro atoms. The Morgan fingerprint density at radius 2 is 1.62 bits per heavy atom. The molecule has 2 aromatic carbocycles. The van der Waals surface area contributed by atoms with Crippen molar-refractivity contribution in [3.8, 4) is 0 Å². The summed E-state index contributed by atoms with van der Waals surface area (Å²) in [5.74, 6) is -3.44. The molecule has 2 rings (SSSR count). The largest absolute Gasteiger partial charge is 0.288 e. The molecule has 0 saturated heterocycles. The number of alkyl halides is 2. The molecule has 0 heterocycles. The van der Waals surface area contributed by atoms with Gasteiger partial charge in [-0.15, -0.1) is 0 Å². The number of hydrazine groups is 1. The molecule has 0 unspecified atom stereocenters. The Labute approximate surface area is 146 Å². The topological polar surface area (TPSA) is 58.2 Å². The second-order valence-electron chi connectivity index (χ2n) is 4.71. The molecule has 2 N–H and O–H groups in total. The lowest BCUT2D eigenvalue weighted by Gasteiger charge is -2.08. The molecular weight excluding hydrogens is 358 g/mol. The molecule has 0 saturated carbocycles. The standard InChI is InChI=1S/C16H13ClF2N2O2S/c17-12-5-1-10(2-6-12)9-14(22)20-21-15(23)11-3-7-13(8-4-11)24-16(18)19/h1-8,16H,9H2,(H,20,22)(H,21,23). The minimum atomic E-state index is -2.52. The highest BCUT2D eigenvalue weighted by molar-refractivity contribution is 7.99. The quantitative estimate of drug-likeness (QED) is 0.624. The Morgan fingerprint density at radius 1 is 1.00 bits per heavy atom. The van der Waals surface area contributed by atoms with Crippen LogP contribution in [0.1, 0.15) is 15.9 Å². The fraction of sp³-hybridized carbons (Fsp3) is 0.125. The fourth-order valence-corrected chi connectivity index (χ4v) is 2.44. The summed E-state index contributed by atoms with van der Waals surface area (Å²) < 4.78 is 24.4. The van der Waals surface area contributed by atoms with Crippen molar-refractivity contribution in [3.63, 3.8) is 0 Å². The van der Waals surface area contributed by atoms with Crippen molar-refractivity contribution < 1.29 is 18.4 Å². The highest BCUT2D eigenvalue weighted by atomic mass is 35.5. The summed E-state index contributed by atoms with van der Waals surface area (Å²) in [6.45, 7) is 0. The molecule has 8 heteroatoms. The van der Waals surface area contributed by atoms with Crippen LogP contribution in [0.3, 0.4) is 0 Å². The van der Waals surface area contributed by atoms with Gasteiger partial charge in [-0.25, -0.2) is 0 Å². The summed E-state index contributed by atoms with van der Waals surface area (Å²) >= 11 is 6.15. The smallest absolute Gasteiger partial charge is 0.273 e. The monoisotopic (exact) mass is 370 g/mol. The van der Waals surface area contributed by atoms with Crippen molar-refractivity contribution in [3.05, 3.63) is 64.7 Å². The van der Waals surface area contributed by atoms with Crippen LogP contribution in [0.25, 0.3) is 0 Å². The van der Waals surface area contributed by atoms with Gasteiger partial charge in [-0.2, -0.15) is 8.78 Å². The number of carbonyl (C=O) groups is 2. The van der Waals surface area contributed by atoms with E-state index < -0.39 is 17.6 Å². The number of nitrogens with one attached hydrogen (secondary N) is 2. The first-order chi connectivity index (χ1) is 11.4. The van der Waals surface area contributed by atoms with Gasteiger partial charge in [0.2, 0.25) is 5.91 Å². The molecule has 0 radical (unpaired) electrons. The Bertz CT molecular complexity index is 709. The summed E-state index contributed by atoms with van der Waals surface area (Å²) in [5.41, 5.74) is 5.57. The number of hydrogen-bond donors (Lipinski definition) is 2. The van der Waals surface area contributed by atoms with Crippen molar-refractivity contribution in [2.75, 3.05) is 0 Å². The summed E-state index contributed by atoms with van der Waals surface area (Å²) in [5, 5.41) is 0.570. The SMILES string of the molecule is O=C(Cc1ccc(Cl)cc1)NNC(=O)c1ccc(SC(F)F)cc1. The number of hydrogen-bond acceptors (Lipinski definition) is 3. The highest BCUT2D eigenvalue weighted by Crippen LogP contribution is 2.25. The summed E-state index contributed by atoms with van der Waals surface area (Å²) in [6.07, 6.45) is 0.0847. The van der Waals surface area contributed by atoms with Crippen molar-refractivity contribution in [1.82, 2.24) is 10.9 Å². The van der Waals surface area contributed by atoms with Gasteiger partial charge in [0.25, 0.3) is 11.7 Å². The van der Waals surface area contributed by atoms with Gasteiger partial charge in [-0.1, -0.05) is 35.5 Å². The van der Waals surface area contributed by atoms with Gasteiger partial charge < -0.3 is 0 Å². The number of thioether (sulfide) groups is 1. The molecule has 24 heavy (non-hydrogen) atoms. The van der Waals surface area contributed by atoms with Gasteiger partial charge in [0.15, 0.2) is 0 Å². The summed E-state index contributed by atoms with van der Waals surface area (Å²) in [4.78, 5) is 24.0. The van der Waals surface area contributed by atoms with Gasteiger partial charge >= 0.3 is 0 Å². The number of rotatable bonds is 5. The van der Waals surface area contributed by atoms with Gasteiger partial charge in [-0.05, 0) is 42.0 Å². The third-order valence-electron chi connectivity index (χ3n) is 2.94. The minimum absolute atomic E-state index is 0.0847. The van der Waals surface area contributed by atoms with Crippen LogP contribution in [0.15, 0.2) is 53.4 Å². The van der Waals surface area contributed by atoms with E-state index in [9.17, 15) is 18.4 Å². The second kappa shape index (κ2) is 8.65. The number of amides is 2. The lowest BCUT2D eigenvalue weighted by atomic mass is 10.1. The fourth-order valence-electron chi connectivity index (χ4n) is 1.82. The molecule has 0 aliphatic carbocycles. The van der Waals surface area contributed by atoms with Crippen LogP contribution in [0, 0.1) is 0 Å². The maximum atomic E-state index is 12.2. The first-order valence-corrected chi connectivity index (χ1v) is 8.08. The van der Waals surface area contributed by atoms with Crippen molar-refractivity contribution in [2.45, 2.75) is 17.1 Å². The molecular formula is C16H13ClF2N2O2S. The Balaban J connectivity index is 1.83. The Morgan fingerprint density at radius 3 is 2.21 bits per heavy atom. The van der Waals surface area contributed by atoms with Crippen molar-refractivity contribution in [2.24, 2.45) is 0 Å². The molecule has 0 aliphatic heterocycles. The van der Waals surface area contributed by atoms with E-state index in [4.69, 9.17) is 11.6 Å². The average molecular weight is 371 g/mol. The molecule has 2 aromatic rings. The molecule has 2 amide bonds. The summed E-state index contributed by atoms with van der Waals surface area (Å²) in [6, 6.07) is 12.4. The van der Waals surface area contributed by atoms with Gasteiger partial charge in [0.1, 0.15) is 0 Å². The first-order valence-electron chi connectivity index (χ1n) is 6.82. The second-order valence-corrected chi connectivity index (χ2v) is 6.21. The zero-order valence-electron chi connectivity index (χ0n) is 12.3. The number of benzene rings is 2. The number of carbonyl (C=O) groups excluding carboxylic acids is 2. The predicted octanol–water partition coefficient (Wildman–Crippen LogP) is 3.66. The van der Waals surface area contributed by atoms with Crippen molar-refractivity contribution in [1.29, 1.82) is 0 Å². The highest BCUT2D eigenvalue weighted by Gasteiger charge is 2.10. The predicted molar refractivity (Wildman–Crippen MR) is 89.1 cm³/mol. The third kappa shape index (κ3) is 5.82. The maximum Gasteiger partial charge on any atom is 0.288 e. The zero-order chi connectivity index (χ0) is 17.5. The molecule has 126 valence electrons.